The monoisotopic (exact) mass is 518 g/mol. The van der Waals surface area contributed by atoms with Gasteiger partial charge in [-0.2, -0.15) is 0 Å². The Balaban J connectivity index is 1.38. The van der Waals surface area contributed by atoms with Crippen molar-refractivity contribution < 1.29 is 18.0 Å². The highest BCUT2D eigenvalue weighted by Gasteiger charge is 2.18. The van der Waals surface area contributed by atoms with Crippen LogP contribution in [-0.4, -0.2) is 62.1 Å². The highest BCUT2D eigenvalue weighted by atomic mass is 32.2. The van der Waals surface area contributed by atoms with Gasteiger partial charge in [0, 0.05) is 24.0 Å². The van der Waals surface area contributed by atoms with Crippen LogP contribution in [0.15, 0.2) is 52.9 Å². The number of aromatic nitrogens is 1. The number of rotatable bonds is 13. The molecule has 0 fully saturated rings. The summed E-state index contributed by atoms with van der Waals surface area (Å²) in [5.41, 5.74) is 1.42. The maximum Gasteiger partial charge on any atom is 0.250 e. The van der Waals surface area contributed by atoms with Crippen LogP contribution in [0.25, 0.3) is 10.1 Å². The molecule has 2 aromatic heterocycles. The molecule has 3 aromatic rings. The number of carbonyl (C=O) groups is 1. The highest BCUT2D eigenvalue weighted by molar-refractivity contribution is 7.91. The van der Waals surface area contributed by atoms with Crippen molar-refractivity contribution in [3.8, 4) is 0 Å². The number of sulfonamides is 1. The number of likely N-dealkylation sites (N-methyl/N-ethyl adjacent to an activating group) is 1. The van der Waals surface area contributed by atoms with Gasteiger partial charge in [0.25, 0.3) is 0 Å². The number of amides is 1. The third-order valence-electron chi connectivity index (χ3n) is 5.17. The van der Waals surface area contributed by atoms with Gasteiger partial charge in [0.15, 0.2) is 0 Å². The van der Waals surface area contributed by atoms with Crippen LogP contribution in [0.2, 0.25) is 0 Å². The van der Waals surface area contributed by atoms with Crippen LogP contribution in [0.3, 0.4) is 0 Å². The van der Waals surface area contributed by atoms with Crippen LogP contribution in [0.4, 0.5) is 0 Å². The fourth-order valence-electron chi connectivity index (χ4n) is 3.50. The molecule has 0 aliphatic rings. The Morgan fingerprint density at radius 1 is 1.14 bits per heavy atom. The number of aryl methyl sites for hydroxylation is 1. The molecule has 190 valence electrons. The van der Waals surface area contributed by atoms with E-state index in [0.29, 0.717) is 30.3 Å². The number of hydrogen-bond acceptors (Lipinski definition) is 7. The lowest BCUT2D eigenvalue weighted by atomic mass is 10.1. The SMILES string of the molecule is CN(CCCc1ccc(CN(C=O)OC(C)(C)C)nc1)CCNS(=O)(=O)c1cc2ccccc2s1. The van der Waals surface area contributed by atoms with Crippen molar-refractivity contribution >= 4 is 37.9 Å². The van der Waals surface area contributed by atoms with E-state index in [1.807, 2.05) is 70.4 Å². The Hall–Kier alpha value is -2.37. The first-order chi connectivity index (χ1) is 16.6. The highest BCUT2D eigenvalue weighted by Crippen LogP contribution is 2.28. The van der Waals surface area contributed by atoms with E-state index in [4.69, 9.17) is 4.84 Å². The Kier molecular flexibility index (Phi) is 9.37. The number of hydroxylamine groups is 2. The summed E-state index contributed by atoms with van der Waals surface area (Å²) in [4.78, 5) is 23.4. The number of pyridine rings is 1. The average molecular weight is 519 g/mol. The molecule has 8 nitrogen and oxygen atoms in total. The number of nitrogens with zero attached hydrogens (tertiary/aromatic N) is 3. The number of nitrogens with one attached hydrogen (secondary N) is 1. The van der Waals surface area contributed by atoms with Gasteiger partial charge >= 0.3 is 0 Å². The van der Waals surface area contributed by atoms with E-state index in [9.17, 15) is 13.2 Å². The Morgan fingerprint density at radius 2 is 1.91 bits per heavy atom. The second-order valence-electron chi connectivity index (χ2n) is 9.45. The minimum Gasteiger partial charge on any atom is -0.305 e. The van der Waals surface area contributed by atoms with Crippen LogP contribution >= 0.6 is 11.3 Å². The summed E-state index contributed by atoms with van der Waals surface area (Å²) in [5.74, 6) is 0. The number of carbonyl (C=O) groups excluding carboxylic acids is 1. The summed E-state index contributed by atoms with van der Waals surface area (Å²) in [7, 11) is -1.52. The molecular formula is C25H34N4O4S2. The van der Waals surface area contributed by atoms with Crippen molar-refractivity contribution in [3.63, 3.8) is 0 Å². The maximum atomic E-state index is 12.6. The zero-order valence-electron chi connectivity index (χ0n) is 20.7. The molecule has 2 heterocycles. The minimum atomic E-state index is -3.51. The first-order valence-electron chi connectivity index (χ1n) is 11.6. The maximum absolute atomic E-state index is 12.6. The average Bonchev–Trinajstić information content (AvgIpc) is 3.24. The molecular weight excluding hydrogens is 484 g/mol. The summed E-state index contributed by atoms with van der Waals surface area (Å²) >= 11 is 1.29. The summed E-state index contributed by atoms with van der Waals surface area (Å²) < 4.78 is 29.2. The molecule has 1 aromatic carbocycles. The lowest BCUT2D eigenvalue weighted by Gasteiger charge is -2.26. The van der Waals surface area contributed by atoms with Gasteiger partial charge in [0.2, 0.25) is 16.4 Å². The lowest BCUT2D eigenvalue weighted by molar-refractivity contribution is -0.220. The zero-order chi connectivity index (χ0) is 25.5. The van der Waals surface area contributed by atoms with Gasteiger partial charge in [-0.05, 0) is 76.4 Å². The van der Waals surface area contributed by atoms with Crippen LogP contribution in [0.5, 0.6) is 0 Å². The third kappa shape index (κ3) is 8.66. The summed E-state index contributed by atoms with van der Waals surface area (Å²) in [5, 5.41) is 2.20. The molecule has 0 atom stereocenters. The van der Waals surface area contributed by atoms with Crippen LogP contribution in [0.1, 0.15) is 38.4 Å². The standard InChI is InChI=1S/C25H34N4O4S2/c1-25(2,3)33-29(19-30)18-22-12-11-20(17-26-22)8-7-14-28(4)15-13-27-35(31,32)24-16-21-9-5-6-10-23(21)34-24/h5-6,9-12,16-17,19,27H,7-8,13-15,18H2,1-4H3. The summed E-state index contributed by atoms with van der Waals surface area (Å²) in [6.45, 7) is 7.77. The predicted molar refractivity (Wildman–Crippen MR) is 140 cm³/mol. The van der Waals surface area contributed by atoms with E-state index >= 15 is 0 Å². The molecule has 1 amide bonds. The number of thiophene rings is 1. The Bertz CT molecular complexity index is 1170. The molecule has 1 N–H and O–H groups in total. The normalized spacial score (nSPS) is 12.4. The molecule has 0 spiro atoms. The molecule has 10 heteroatoms. The number of hydrogen-bond donors (Lipinski definition) is 1. The molecule has 0 saturated carbocycles. The van der Waals surface area contributed by atoms with Crippen LogP contribution in [0, 0.1) is 0 Å². The van der Waals surface area contributed by atoms with E-state index in [0.717, 1.165) is 40.7 Å². The second-order valence-corrected chi connectivity index (χ2v) is 12.5. The van der Waals surface area contributed by atoms with Gasteiger partial charge in [-0.25, -0.2) is 18.2 Å². The van der Waals surface area contributed by atoms with Crippen molar-refractivity contribution in [2.75, 3.05) is 26.7 Å². The summed E-state index contributed by atoms with van der Waals surface area (Å²) in [6.07, 6.45) is 4.28. The van der Waals surface area contributed by atoms with Gasteiger partial charge in [-0.15, -0.1) is 11.3 Å². The van der Waals surface area contributed by atoms with Gasteiger partial charge in [-0.3, -0.25) is 14.6 Å². The van der Waals surface area contributed by atoms with Crippen molar-refractivity contribution in [2.45, 2.75) is 50.0 Å². The molecule has 0 saturated heterocycles. The number of benzene rings is 1. The van der Waals surface area contributed by atoms with Gasteiger partial charge in [-0.1, -0.05) is 24.3 Å². The number of fused-ring (bicyclic) bond motifs is 1. The van der Waals surface area contributed by atoms with Crippen molar-refractivity contribution in [2.24, 2.45) is 0 Å². The molecule has 0 aliphatic heterocycles. The van der Waals surface area contributed by atoms with Crippen molar-refractivity contribution in [1.29, 1.82) is 0 Å². The molecule has 0 radical (unpaired) electrons. The second kappa shape index (κ2) is 12.0. The smallest absolute Gasteiger partial charge is 0.250 e. The third-order valence-corrected chi connectivity index (χ3v) is 8.22. The summed E-state index contributed by atoms with van der Waals surface area (Å²) in [6, 6.07) is 13.3. The van der Waals surface area contributed by atoms with Crippen molar-refractivity contribution in [3.05, 3.63) is 59.9 Å². The lowest BCUT2D eigenvalue weighted by Crippen LogP contribution is -2.33. The fraction of sp³-hybridized carbons (Fsp3) is 0.440. The first kappa shape index (κ1) is 27.2. The quantitative estimate of drug-likeness (QED) is 0.273. The largest absolute Gasteiger partial charge is 0.305 e. The molecule has 0 aliphatic carbocycles. The molecule has 0 unspecified atom stereocenters. The molecule has 3 rings (SSSR count). The molecule has 0 bridgehead atoms. The van der Waals surface area contributed by atoms with Crippen LogP contribution < -0.4 is 4.72 Å². The predicted octanol–water partition coefficient (Wildman–Crippen LogP) is 3.83. The van der Waals surface area contributed by atoms with E-state index < -0.39 is 15.6 Å². The topological polar surface area (TPSA) is 91.8 Å². The van der Waals surface area contributed by atoms with Crippen LogP contribution in [-0.2, 0) is 32.6 Å². The van der Waals surface area contributed by atoms with E-state index in [-0.39, 0.29) is 0 Å². The fourth-order valence-corrected chi connectivity index (χ4v) is 5.96. The van der Waals surface area contributed by atoms with Gasteiger partial charge < -0.3 is 4.90 Å². The Morgan fingerprint density at radius 3 is 2.57 bits per heavy atom. The first-order valence-corrected chi connectivity index (χ1v) is 13.9. The van der Waals surface area contributed by atoms with Gasteiger partial charge in [0.1, 0.15) is 4.21 Å². The Labute approximate surface area is 211 Å². The van der Waals surface area contributed by atoms with E-state index in [1.54, 1.807) is 6.07 Å². The molecule has 35 heavy (non-hydrogen) atoms. The zero-order valence-corrected chi connectivity index (χ0v) is 22.4. The van der Waals surface area contributed by atoms with Crippen molar-refractivity contribution in [1.82, 2.24) is 19.7 Å². The van der Waals surface area contributed by atoms with E-state index in [2.05, 4.69) is 14.6 Å². The van der Waals surface area contributed by atoms with E-state index in [1.165, 1.54) is 16.4 Å². The minimum absolute atomic E-state index is 0.293. The van der Waals surface area contributed by atoms with Gasteiger partial charge in [0.05, 0.1) is 17.8 Å².